The molecule has 3 N–H and O–H groups in total. The molecule has 0 atom stereocenters. The van der Waals surface area contributed by atoms with Crippen LogP contribution in [0.3, 0.4) is 0 Å². The third-order valence-corrected chi connectivity index (χ3v) is 3.40. The maximum Gasteiger partial charge on any atom is 0.224 e. The van der Waals surface area contributed by atoms with Gasteiger partial charge in [0.1, 0.15) is 0 Å². The van der Waals surface area contributed by atoms with E-state index in [-0.39, 0.29) is 11.8 Å². The van der Waals surface area contributed by atoms with Crippen molar-refractivity contribution >= 4 is 23.2 Å². The van der Waals surface area contributed by atoms with Crippen LogP contribution in [-0.2, 0) is 9.59 Å². The van der Waals surface area contributed by atoms with Crippen molar-refractivity contribution in [2.45, 2.75) is 26.2 Å². The second kappa shape index (κ2) is 7.05. The molecule has 0 aliphatic carbocycles. The van der Waals surface area contributed by atoms with E-state index in [9.17, 15) is 9.59 Å². The molecule has 0 aromatic heterocycles. The Bertz CT molecular complexity index is 482. The van der Waals surface area contributed by atoms with Crippen molar-refractivity contribution in [3.8, 4) is 0 Å². The standard InChI is InChI=1S/C15H21N3O2/c1-11(19)17-13-3-2-4-14(10-13)18-15(20)9-12-5-7-16-8-6-12/h2-4,10,12,16H,5-9H2,1H3,(H,17,19)(H,18,20). The first-order chi connectivity index (χ1) is 9.63. The van der Waals surface area contributed by atoms with E-state index in [4.69, 9.17) is 0 Å². The highest BCUT2D eigenvalue weighted by atomic mass is 16.2. The van der Waals surface area contributed by atoms with E-state index in [1.807, 2.05) is 12.1 Å². The molecule has 0 saturated carbocycles. The summed E-state index contributed by atoms with van der Waals surface area (Å²) in [5, 5.41) is 8.88. The lowest BCUT2D eigenvalue weighted by molar-refractivity contribution is -0.117. The monoisotopic (exact) mass is 275 g/mol. The van der Waals surface area contributed by atoms with Crippen molar-refractivity contribution in [3.63, 3.8) is 0 Å². The van der Waals surface area contributed by atoms with E-state index in [0.29, 0.717) is 18.0 Å². The molecule has 5 nitrogen and oxygen atoms in total. The molecule has 108 valence electrons. The summed E-state index contributed by atoms with van der Waals surface area (Å²) in [6.45, 7) is 3.45. The van der Waals surface area contributed by atoms with Crippen LogP contribution in [0.1, 0.15) is 26.2 Å². The predicted octanol–water partition coefficient (Wildman–Crippen LogP) is 1.97. The minimum Gasteiger partial charge on any atom is -0.326 e. The number of nitrogens with one attached hydrogen (secondary N) is 3. The summed E-state index contributed by atoms with van der Waals surface area (Å²) >= 11 is 0. The molecule has 0 bridgehead atoms. The maximum absolute atomic E-state index is 12.0. The summed E-state index contributed by atoms with van der Waals surface area (Å²) in [4.78, 5) is 23.0. The second-order valence-electron chi connectivity index (χ2n) is 5.21. The number of anilines is 2. The first-order valence-corrected chi connectivity index (χ1v) is 7.02. The fourth-order valence-electron chi connectivity index (χ4n) is 2.44. The normalized spacial score (nSPS) is 15.7. The van der Waals surface area contributed by atoms with Gasteiger partial charge in [-0.05, 0) is 50.0 Å². The Morgan fingerprint density at radius 3 is 2.50 bits per heavy atom. The molecule has 0 unspecified atom stereocenters. The molecule has 2 rings (SSSR count). The van der Waals surface area contributed by atoms with Crippen LogP contribution in [0, 0.1) is 5.92 Å². The lowest BCUT2D eigenvalue weighted by Crippen LogP contribution is -2.30. The van der Waals surface area contributed by atoms with Crippen molar-refractivity contribution in [1.82, 2.24) is 5.32 Å². The molecule has 5 heteroatoms. The maximum atomic E-state index is 12.0. The molecular formula is C15H21N3O2. The van der Waals surface area contributed by atoms with Gasteiger partial charge in [-0.1, -0.05) is 6.07 Å². The number of piperidine rings is 1. The Kier molecular flexibility index (Phi) is 5.12. The van der Waals surface area contributed by atoms with Gasteiger partial charge in [0.2, 0.25) is 11.8 Å². The minimum absolute atomic E-state index is 0.0388. The SMILES string of the molecule is CC(=O)Nc1cccc(NC(=O)CC2CCNCC2)c1. The zero-order valence-electron chi connectivity index (χ0n) is 11.7. The summed E-state index contributed by atoms with van der Waals surface area (Å²) in [6.07, 6.45) is 2.67. The van der Waals surface area contributed by atoms with Gasteiger partial charge in [-0.3, -0.25) is 9.59 Å². The summed E-state index contributed by atoms with van der Waals surface area (Å²) < 4.78 is 0. The van der Waals surface area contributed by atoms with E-state index < -0.39 is 0 Å². The van der Waals surface area contributed by atoms with E-state index in [1.54, 1.807) is 12.1 Å². The van der Waals surface area contributed by atoms with Crippen LogP contribution in [0.4, 0.5) is 11.4 Å². The van der Waals surface area contributed by atoms with Crippen molar-refractivity contribution in [3.05, 3.63) is 24.3 Å². The third kappa shape index (κ3) is 4.66. The first-order valence-electron chi connectivity index (χ1n) is 7.02. The lowest BCUT2D eigenvalue weighted by atomic mass is 9.94. The number of rotatable bonds is 4. The molecule has 1 aliphatic heterocycles. The van der Waals surface area contributed by atoms with E-state index in [2.05, 4.69) is 16.0 Å². The van der Waals surface area contributed by atoms with Crippen LogP contribution in [0.5, 0.6) is 0 Å². The van der Waals surface area contributed by atoms with E-state index in [1.165, 1.54) is 6.92 Å². The van der Waals surface area contributed by atoms with Gasteiger partial charge in [0.25, 0.3) is 0 Å². The van der Waals surface area contributed by atoms with E-state index in [0.717, 1.165) is 31.6 Å². The Balaban J connectivity index is 1.88. The van der Waals surface area contributed by atoms with Crippen LogP contribution in [-0.4, -0.2) is 24.9 Å². The highest BCUT2D eigenvalue weighted by molar-refractivity contribution is 5.93. The topological polar surface area (TPSA) is 70.2 Å². The van der Waals surface area contributed by atoms with Crippen molar-refractivity contribution in [2.75, 3.05) is 23.7 Å². The van der Waals surface area contributed by atoms with E-state index >= 15 is 0 Å². The number of carbonyl (C=O) groups excluding carboxylic acids is 2. The fourth-order valence-corrected chi connectivity index (χ4v) is 2.44. The molecule has 1 aromatic rings. The highest BCUT2D eigenvalue weighted by Crippen LogP contribution is 2.19. The molecule has 1 aromatic carbocycles. The molecule has 20 heavy (non-hydrogen) atoms. The number of hydrogen-bond acceptors (Lipinski definition) is 3. The number of amides is 2. The smallest absolute Gasteiger partial charge is 0.224 e. The van der Waals surface area contributed by atoms with Crippen LogP contribution in [0.2, 0.25) is 0 Å². The molecular weight excluding hydrogens is 254 g/mol. The van der Waals surface area contributed by atoms with Crippen LogP contribution in [0.15, 0.2) is 24.3 Å². The number of carbonyl (C=O) groups is 2. The second-order valence-corrected chi connectivity index (χ2v) is 5.21. The fraction of sp³-hybridized carbons (Fsp3) is 0.467. The van der Waals surface area contributed by atoms with Crippen molar-refractivity contribution < 1.29 is 9.59 Å². The highest BCUT2D eigenvalue weighted by Gasteiger charge is 2.16. The summed E-state index contributed by atoms with van der Waals surface area (Å²) in [5.74, 6) is 0.384. The molecule has 1 saturated heterocycles. The number of benzene rings is 1. The van der Waals surface area contributed by atoms with Gasteiger partial charge in [0.05, 0.1) is 0 Å². The van der Waals surface area contributed by atoms with Crippen molar-refractivity contribution in [2.24, 2.45) is 5.92 Å². The van der Waals surface area contributed by atoms with Crippen LogP contribution in [0.25, 0.3) is 0 Å². The van der Waals surface area contributed by atoms with Gasteiger partial charge in [0, 0.05) is 24.7 Å². The first kappa shape index (κ1) is 14.5. The lowest BCUT2D eigenvalue weighted by Gasteiger charge is -2.21. The van der Waals surface area contributed by atoms with Crippen molar-refractivity contribution in [1.29, 1.82) is 0 Å². The summed E-state index contributed by atoms with van der Waals surface area (Å²) in [7, 11) is 0. The van der Waals surface area contributed by atoms with Gasteiger partial charge in [-0.2, -0.15) is 0 Å². The average molecular weight is 275 g/mol. The van der Waals surface area contributed by atoms with Gasteiger partial charge < -0.3 is 16.0 Å². The zero-order valence-corrected chi connectivity index (χ0v) is 11.7. The molecule has 2 amide bonds. The minimum atomic E-state index is -0.122. The quantitative estimate of drug-likeness (QED) is 0.787. The third-order valence-electron chi connectivity index (χ3n) is 3.40. The molecule has 0 spiro atoms. The Morgan fingerprint density at radius 2 is 1.85 bits per heavy atom. The molecule has 0 radical (unpaired) electrons. The van der Waals surface area contributed by atoms with Gasteiger partial charge >= 0.3 is 0 Å². The average Bonchev–Trinajstić information content (AvgIpc) is 2.39. The summed E-state index contributed by atoms with van der Waals surface area (Å²) in [5.41, 5.74) is 1.41. The zero-order chi connectivity index (χ0) is 14.4. The van der Waals surface area contributed by atoms with Gasteiger partial charge in [-0.25, -0.2) is 0 Å². The Hall–Kier alpha value is -1.88. The molecule has 1 fully saturated rings. The largest absolute Gasteiger partial charge is 0.326 e. The van der Waals surface area contributed by atoms with Gasteiger partial charge in [-0.15, -0.1) is 0 Å². The Morgan fingerprint density at radius 1 is 1.20 bits per heavy atom. The van der Waals surface area contributed by atoms with Gasteiger partial charge in [0.15, 0.2) is 0 Å². The van der Waals surface area contributed by atoms with Crippen LogP contribution < -0.4 is 16.0 Å². The Labute approximate surface area is 119 Å². The molecule has 1 heterocycles. The number of hydrogen-bond donors (Lipinski definition) is 3. The van der Waals surface area contributed by atoms with Crippen LogP contribution >= 0.6 is 0 Å². The molecule has 1 aliphatic rings. The predicted molar refractivity (Wildman–Crippen MR) is 79.6 cm³/mol. The summed E-state index contributed by atoms with van der Waals surface area (Å²) in [6, 6.07) is 7.20.